The Morgan fingerprint density at radius 1 is 0.732 bits per heavy atom. The lowest BCUT2D eigenvalue weighted by Gasteiger charge is -2.28. The van der Waals surface area contributed by atoms with Crippen LogP contribution < -0.4 is 4.74 Å². The van der Waals surface area contributed by atoms with Crippen LogP contribution in [0.3, 0.4) is 0 Å². The summed E-state index contributed by atoms with van der Waals surface area (Å²) >= 11 is 0. The van der Waals surface area contributed by atoms with Crippen LogP contribution in [0.1, 0.15) is 87.8 Å². The van der Waals surface area contributed by atoms with Crippen LogP contribution in [0.25, 0.3) is 10.8 Å². The minimum Gasteiger partial charge on any atom is -0.478 e. The van der Waals surface area contributed by atoms with Gasteiger partial charge in [-0.3, -0.25) is 0 Å². The molecule has 0 saturated heterocycles. The summed E-state index contributed by atoms with van der Waals surface area (Å²) in [5.41, 5.74) is 1.82. The van der Waals surface area contributed by atoms with Crippen LogP contribution >= 0.6 is 0 Å². The average Bonchev–Trinajstić information content (AvgIpc) is 2.93. The SMILES string of the molecule is CCCCCCC1CCC(CCc2ccc3c(F)c(CCc4cc(F)c(OCC(F)(F)F)c(F)c4)ccc3c2)CC1. The Labute approximate surface area is 239 Å². The van der Waals surface area contributed by atoms with E-state index in [1.54, 1.807) is 6.07 Å². The predicted octanol–water partition coefficient (Wildman–Crippen LogP) is 10.7. The predicted molar refractivity (Wildman–Crippen MR) is 152 cm³/mol. The molecule has 7 heteroatoms. The van der Waals surface area contributed by atoms with E-state index in [4.69, 9.17) is 0 Å². The first kappa shape index (κ1) is 31.2. The van der Waals surface area contributed by atoms with Crippen LogP contribution in [-0.4, -0.2) is 12.8 Å². The number of rotatable bonds is 13. The summed E-state index contributed by atoms with van der Waals surface area (Å²) in [6, 6.07) is 11.3. The summed E-state index contributed by atoms with van der Waals surface area (Å²) in [6.07, 6.45) is 9.77. The highest BCUT2D eigenvalue weighted by molar-refractivity contribution is 5.84. The van der Waals surface area contributed by atoms with Crippen LogP contribution in [0.5, 0.6) is 5.75 Å². The molecule has 0 aromatic heterocycles. The summed E-state index contributed by atoms with van der Waals surface area (Å²) in [5.74, 6) is -2.20. The quantitative estimate of drug-likeness (QED) is 0.145. The first-order valence-corrected chi connectivity index (χ1v) is 15.0. The zero-order valence-corrected chi connectivity index (χ0v) is 23.8. The number of fused-ring (bicyclic) bond motifs is 1. The largest absolute Gasteiger partial charge is 0.478 e. The van der Waals surface area contributed by atoms with Crippen molar-refractivity contribution in [2.45, 2.75) is 96.6 Å². The molecule has 0 unspecified atom stereocenters. The van der Waals surface area contributed by atoms with Crippen molar-refractivity contribution in [2.75, 3.05) is 6.61 Å². The molecule has 3 aromatic rings. The number of unbranched alkanes of at least 4 members (excludes halogenated alkanes) is 3. The second-order valence-corrected chi connectivity index (χ2v) is 11.7. The molecule has 224 valence electrons. The molecule has 1 saturated carbocycles. The van der Waals surface area contributed by atoms with Crippen LogP contribution in [0.2, 0.25) is 0 Å². The topological polar surface area (TPSA) is 9.23 Å². The van der Waals surface area contributed by atoms with Crippen LogP contribution in [0.15, 0.2) is 42.5 Å². The molecule has 0 amide bonds. The molecular formula is C34H40F6O. The van der Waals surface area contributed by atoms with Gasteiger partial charge in [0.15, 0.2) is 24.0 Å². The molecule has 41 heavy (non-hydrogen) atoms. The van der Waals surface area contributed by atoms with Gasteiger partial charge >= 0.3 is 6.18 Å². The number of aryl methyl sites for hydroxylation is 3. The number of halogens is 6. The van der Waals surface area contributed by atoms with Crippen LogP contribution in [-0.2, 0) is 19.3 Å². The van der Waals surface area contributed by atoms with E-state index in [2.05, 4.69) is 11.7 Å². The Bertz CT molecular complexity index is 1250. The number of benzene rings is 3. The van der Waals surface area contributed by atoms with E-state index in [0.29, 0.717) is 10.9 Å². The van der Waals surface area contributed by atoms with Crippen LogP contribution in [0.4, 0.5) is 26.3 Å². The highest BCUT2D eigenvalue weighted by Crippen LogP contribution is 2.35. The van der Waals surface area contributed by atoms with Crippen molar-refractivity contribution >= 4 is 10.8 Å². The highest BCUT2D eigenvalue weighted by atomic mass is 19.4. The number of hydrogen-bond acceptors (Lipinski definition) is 1. The minimum atomic E-state index is -4.71. The van der Waals surface area contributed by atoms with Crippen molar-refractivity contribution in [1.29, 1.82) is 0 Å². The Hall–Kier alpha value is -2.70. The monoisotopic (exact) mass is 578 g/mol. The third kappa shape index (κ3) is 9.14. The molecule has 4 rings (SSSR count). The Balaban J connectivity index is 1.30. The number of alkyl halides is 3. The fraction of sp³-hybridized carbons (Fsp3) is 0.529. The zero-order valence-electron chi connectivity index (χ0n) is 23.8. The van der Waals surface area contributed by atoms with Crippen molar-refractivity contribution in [3.63, 3.8) is 0 Å². The second-order valence-electron chi connectivity index (χ2n) is 11.7. The van der Waals surface area contributed by atoms with Crippen molar-refractivity contribution in [2.24, 2.45) is 11.8 Å². The van der Waals surface area contributed by atoms with E-state index in [9.17, 15) is 22.0 Å². The summed E-state index contributed by atoms with van der Waals surface area (Å²) < 4.78 is 85.0. The summed E-state index contributed by atoms with van der Waals surface area (Å²) in [7, 11) is 0. The van der Waals surface area contributed by atoms with Gasteiger partial charge in [-0.05, 0) is 71.7 Å². The molecule has 0 aliphatic heterocycles. The van der Waals surface area contributed by atoms with E-state index in [-0.39, 0.29) is 24.2 Å². The Kier molecular flexibility index (Phi) is 11.0. The molecular weight excluding hydrogens is 538 g/mol. The lowest BCUT2D eigenvalue weighted by atomic mass is 9.77. The van der Waals surface area contributed by atoms with E-state index < -0.39 is 30.2 Å². The third-order valence-corrected chi connectivity index (χ3v) is 8.49. The molecule has 1 fully saturated rings. The zero-order chi connectivity index (χ0) is 29.4. The number of ether oxygens (including phenoxy) is 1. The van der Waals surface area contributed by atoms with Gasteiger partial charge in [0.1, 0.15) is 5.82 Å². The molecule has 1 aliphatic rings. The third-order valence-electron chi connectivity index (χ3n) is 8.49. The van der Waals surface area contributed by atoms with Gasteiger partial charge in [0, 0.05) is 5.39 Å². The normalized spacial score (nSPS) is 17.7. The van der Waals surface area contributed by atoms with Gasteiger partial charge in [-0.1, -0.05) is 95.0 Å². The van der Waals surface area contributed by atoms with Crippen molar-refractivity contribution in [3.8, 4) is 5.75 Å². The van der Waals surface area contributed by atoms with E-state index >= 15 is 4.39 Å². The molecule has 0 spiro atoms. The smallest absolute Gasteiger partial charge is 0.422 e. The molecule has 3 aromatic carbocycles. The number of hydrogen-bond donors (Lipinski definition) is 0. The average molecular weight is 579 g/mol. The fourth-order valence-corrected chi connectivity index (χ4v) is 6.10. The van der Waals surface area contributed by atoms with E-state index in [1.807, 2.05) is 24.3 Å². The van der Waals surface area contributed by atoms with E-state index in [0.717, 1.165) is 42.2 Å². The van der Waals surface area contributed by atoms with Gasteiger partial charge in [-0.15, -0.1) is 0 Å². The van der Waals surface area contributed by atoms with Crippen molar-refractivity contribution in [3.05, 3.63) is 76.6 Å². The molecule has 0 atom stereocenters. The first-order chi connectivity index (χ1) is 19.6. The molecule has 1 nitrogen and oxygen atoms in total. The molecule has 0 radical (unpaired) electrons. The maximum Gasteiger partial charge on any atom is 0.422 e. The Morgan fingerprint density at radius 2 is 1.41 bits per heavy atom. The maximum atomic E-state index is 15.3. The van der Waals surface area contributed by atoms with Gasteiger partial charge in [-0.2, -0.15) is 13.2 Å². The van der Waals surface area contributed by atoms with Gasteiger partial charge in [0.05, 0.1) is 0 Å². The highest BCUT2D eigenvalue weighted by Gasteiger charge is 2.30. The minimum absolute atomic E-state index is 0.120. The lowest BCUT2D eigenvalue weighted by molar-refractivity contribution is -0.154. The lowest BCUT2D eigenvalue weighted by Crippen LogP contribution is -2.20. The van der Waals surface area contributed by atoms with Gasteiger partial charge in [-0.25, -0.2) is 13.2 Å². The second kappa shape index (κ2) is 14.5. The molecule has 0 N–H and O–H groups in total. The van der Waals surface area contributed by atoms with Gasteiger partial charge < -0.3 is 4.74 Å². The van der Waals surface area contributed by atoms with Crippen molar-refractivity contribution < 1.29 is 31.1 Å². The van der Waals surface area contributed by atoms with Gasteiger partial charge in [0.2, 0.25) is 0 Å². The van der Waals surface area contributed by atoms with Gasteiger partial charge in [0.25, 0.3) is 0 Å². The summed E-state index contributed by atoms with van der Waals surface area (Å²) in [5, 5.41) is 1.32. The molecule has 1 aliphatic carbocycles. The molecule has 0 bridgehead atoms. The summed E-state index contributed by atoms with van der Waals surface area (Å²) in [4.78, 5) is 0. The van der Waals surface area contributed by atoms with E-state index in [1.165, 1.54) is 63.4 Å². The van der Waals surface area contributed by atoms with Crippen molar-refractivity contribution in [1.82, 2.24) is 0 Å². The summed E-state index contributed by atoms with van der Waals surface area (Å²) in [6.45, 7) is 0.464. The standard InChI is InChI=1S/C34H40F6O/c1-2-3-4-5-6-23-7-9-24(10-8-23)11-12-25-14-18-29-28(19-25)17-16-27(32(29)37)15-13-26-20-30(35)33(31(36)21-26)41-22-34(38,39)40/h14,16-21,23-24H,2-13,15,22H2,1H3. The maximum absolute atomic E-state index is 15.3. The fourth-order valence-electron chi connectivity index (χ4n) is 6.10. The first-order valence-electron chi connectivity index (χ1n) is 15.0. The molecule has 0 heterocycles. The van der Waals surface area contributed by atoms with Crippen LogP contribution in [0, 0.1) is 29.3 Å². The Morgan fingerprint density at radius 3 is 2.07 bits per heavy atom.